The number of nitrogens with zero attached hydrogens (tertiary/aromatic N) is 2. The first-order valence-corrected chi connectivity index (χ1v) is 6.29. The molecule has 1 aromatic rings. The van der Waals surface area contributed by atoms with Crippen LogP contribution in [0.1, 0.15) is 10.4 Å². The summed E-state index contributed by atoms with van der Waals surface area (Å²) in [7, 11) is 3.21. The Morgan fingerprint density at radius 3 is 2.56 bits per heavy atom. The number of carbonyl (C=O) groups is 2. The van der Waals surface area contributed by atoms with Gasteiger partial charge in [-0.25, -0.2) is 4.79 Å². The van der Waals surface area contributed by atoms with E-state index >= 15 is 0 Å². The lowest BCUT2D eigenvalue weighted by Crippen LogP contribution is -2.28. The van der Waals surface area contributed by atoms with Crippen LogP contribution in [0.3, 0.4) is 0 Å². The lowest BCUT2D eigenvalue weighted by atomic mass is 10.3. The number of hydrogen-bond donors (Lipinski definition) is 2. The first kappa shape index (κ1) is 12.8. The van der Waals surface area contributed by atoms with Crippen molar-refractivity contribution in [3.05, 3.63) is 5.56 Å². The highest BCUT2D eigenvalue weighted by Crippen LogP contribution is 2.30. The summed E-state index contributed by atoms with van der Waals surface area (Å²) in [5.74, 6) is -0.591. The summed E-state index contributed by atoms with van der Waals surface area (Å²) in [6, 6.07) is -0.321. The average Bonchev–Trinajstić information content (AvgIpc) is 2.60. The molecule has 3 amide bonds. The van der Waals surface area contributed by atoms with Crippen LogP contribution in [0.15, 0.2) is 5.03 Å². The van der Waals surface area contributed by atoms with Gasteiger partial charge in [0.25, 0.3) is 5.91 Å². The number of rotatable bonds is 3. The zero-order valence-corrected chi connectivity index (χ0v) is 10.7. The molecular formula is C8H12N4O2S2. The van der Waals surface area contributed by atoms with E-state index in [-0.39, 0.29) is 11.6 Å². The van der Waals surface area contributed by atoms with Crippen molar-refractivity contribution in [3.8, 4) is 0 Å². The van der Waals surface area contributed by atoms with Crippen LogP contribution in [0.5, 0.6) is 0 Å². The summed E-state index contributed by atoms with van der Waals surface area (Å²) in [5, 5.41) is 3.49. The SMILES string of the molecule is CSc1nsc(NC(=O)N(C)C)c1C(N)=O. The molecule has 8 heteroatoms. The van der Waals surface area contributed by atoms with Gasteiger partial charge in [-0.05, 0) is 17.8 Å². The molecule has 0 unspecified atom stereocenters. The van der Waals surface area contributed by atoms with Crippen LogP contribution < -0.4 is 11.1 Å². The average molecular weight is 260 g/mol. The van der Waals surface area contributed by atoms with E-state index in [2.05, 4.69) is 9.69 Å². The number of primary amides is 1. The molecule has 0 fully saturated rings. The topological polar surface area (TPSA) is 88.3 Å². The van der Waals surface area contributed by atoms with Crippen LogP contribution in [0.25, 0.3) is 0 Å². The number of nitrogens with two attached hydrogens (primary N) is 1. The number of urea groups is 1. The standard InChI is InChI=1S/C8H12N4O2S2/c1-12(2)8(14)10-6-4(5(9)13)7(15-3)11-16-6/h1-3H3,(H2,9,13)(H,10,14). The van der Waals surface area contributed by atoms with Gasteiger partial charge in [-0.1, -0.05) is 0 Å². The molecule has 1 heterocycles. The summed E-state index contributed by atoms with van der Waals surface area (Å²) in [6.07, 6.45) is 1.79. The molecule has 6 nitrogen and oxygen atoms in total. The normalized spacial score (nSPS) is 9.94. The van der Waals surface area contributed by atoms with Crippen molar-refractivity contribution in [2.45, 2.75) is 5.03 Å². The smallest absolute Gasteiger partial charge is 0.321 e. The van der Waals surface area contributed by atoms with Crippen molar-refractivity contribution in [3.63, 3.8) is 0 Å². The molecule has 3 N–H and O–H groups in total. The number of carbonyl (C=O) groups excluding carboxylic acids is 2. The molecule has 0 aromatic carbocycles. The summed E-state index contributed by atoms with van der Waals surface area (Å²) in [4.78, 5) is 24.0. The van der Waals surface area contributed by atoms with Gasteiger partial charge in [0.05, 0.1) is 0 Å². The van der Waals surface area contributed by atoms with E-state index < -0.39 is 5.91 Å². The van der Waals surface area contributed by atoms with Crippen molar-refractivity contribution in [1.29, 1.82) is 0 Å². The van der Waals surface area contributed by atoms with Crippen LogP contribution in [0.2, 0.25) is 0 Å². The third-order valence-corrected chi connectivity index (χ3v) is 3.29. The molecular weight excluding hydrogens is 248 g/mol. The molecule has 0 radical (unpaired) electrons. The summed E-state index contributed by atoms with van der Waals surface area (Å²) in [5.41, 5.74) is 5.51. The predicted octanol–water partition coefficient (Wildman–Crippen LogP) is 1.06. The number of thioether (sulfide) groups is 1. The second-order valence-corrected chi connectivity index (χ2v) is 4.65. The fourth-order valence-electron chi connectivity index (χ4n) is 0.926. The quantitative estimate of drug-likeness (QED) is 0.795. The third-order valence-electron chi connectivity index (χ3n) is 1.73. The highest BCUT2D eigenvalue weighted by Gasteiger charge is 2.20. The molecule has 0 atom stereocenters. The Kier molecular flexibility index (Phi) is 4.13. The van der Waals surface area contributed by atoms with Gasteiger partial charge in [0.1, 0.15) is 15.6 Å². The molecule has 0 bridgehead atoms. The Balaban J connectivity index is 3.01. The molecule has 1 aromatic heterocycles. The van der Waals surface area contributed by atoms with Crippen LogP contribution in [0, 0.1) is 0 Å². The second-order valence-electron chi connectivity index (χ2n) is 3.08. The van der Waals surface area contributed by atoms with Gasteiger partial charge < -0.3 is 10.6 Å². The van der Waals surface area contributed by atoms with E-state index in [0.717, 1.165) is 11.5 Å². The van der Waals surface area contributed by atoms with E-state index in [1.807, 2.05) is 0 Å². The van der Waals surface area contributed by atoms with Crippen molar-refractivity contribution in [2.75, 3.05) is 25.7 Å². The Hall–Kier alpha value is -1.28. The fraction of sp³-hybridized carbons (Fsp3) is 0.375. The second kappa shape index (κ2) is 5.17. The number of hydrogen-bond acceptors (Lipinski definition) is 5. The van der Waals surface area contributed by atoms with E-state index in [0.29, 0.717) is 10.0 Å². The Morgan fingerprint density at radius 2 is 2.12 bits per heavy atom. The fourth-order valence-corrected chi connectivity index (χ4v) is 2.49. The number of anilines is 1. The van der Waals surface area contributed by atoms with E-state index in [1.165, 1.54) is 16.7 Å². The minimum Gasteiger partial charge on any atom is -0.365 e. The highest BCUT2D eigenvalue weighted by atomic mass is 32.2. The molecule has 0 aliphatic carbocycles. The largest absolute Gasteiger partial charge is 0.365 e. The molecule has 0 spiro atoms. The summed E-state index contributed by atoms with van der Waals surface area (Å²) < 4.78 is 4.04. The third kappa shape index (κ3) is 2.64. The van der Waals surface area contributed by atoms with Gasteiger partial charge in [0, 0.05) is 14.1 Å². The number of aromatic nitrogens is 1. The van der Waals surface area contributed by atoms with Crippen molar-refractivity contribution in [1.82, 2.24) is 9.27 Å². The Labute approximate surface area is 101 Å². The zero-order valence-electron chi connectivity index (χ0n) is 9.10. The first-order valence-electron chi connectivity index (χ1n) is 4.29. The molecule has 0 saturated heterocycles. The molecule has 0 aliphatic heterocycles. The maximum absolute atomic E-state index is 11.4. The number of nitrogens with one attached hydrogen (secondary N) is 1. The summed E-state index contributed by atoms with van der Waals surface area (Å²) >= 11 is 2.36. The van der Waals surface area contributed by atoms with E-state index in [4.69, 9.17) is 5.73 Å². The van der Waals surface area contributed by atoms with Crippen LogP contribution in [-0.4, -0.2) is 41.6 Å². The lowest BCUT2D eigenvalue weighted by molar-refractivity contribution is 0.0998. The van der Waals surface area contributed by atoms with E-state index in [1.54, 1.807) is 20.4 Å². The Morgan fingerprint density at radius 1 is 1.50 bits per heavy atom. The van der Waals surface area contributed by atoms with Gasteiger partial charge in [-0.2, -0.15) is 4.37 Å². The van der Waals surface area contributed by atoms with Gasteiger partial charge in [0.2, 0.25) is 0 Å². The molecule has 88 valence electrons. The predicted molar refractivity (Wildman–Crippen MR) is 65.1 cm³/mol. The van der Waals surface area contributed by atoms with Gasteiger partial charge in [-0.3, -0.25) is 10.1 Å². The van der Waals surface area contributed by atoms with Crippen molar-refractivity contribution < 1.29 is 9.59 Å². The molecule has 0 aliphatic rings. The first-order chi connectivity index (χ1) is 7.47. The minimum absolute atomic E-state index is 0.271. The molecule has 16 heavy (non-hydrogen) atoms. The van der Waals surface area contributed by atoms with Crippen LogP contribution in [0.4, 0.5) is 9.80 Å². The van der Waals surface area contributed by atoms with Gasteiger partial charge in [0.15, 0.2) is 0 Å². The molecule has 0 saturated carbocycles. The maximum atomic E-state index is 11.4. The van der Waals surface area contributed by atoms with E-state index in [9.17, 15) is 9.59 Å². The molecule has 1 rings (SSSR count). The zero-order chi connectivity index (χ0) is 12.3. The maximum Gasteiger partial charge on any atom is 0.321 e. The monoisotopic (exact) mass is 260 g/mol. The van der Waals surface area contributed by atoms with Gasteiger partial charge >= 0.3 is 6.03 Å². The minimum atomic E-state index is -0.591. The lowest BCUT2D eigenvalue weighted by Gasteiger charge is -2.10. The van der Waals surface area contributed by atoms with Crippen molar-refractivity contribution >= 4 is 40.2 Å². The van der Waals surface area contributed by atoms with Crippen LogP contribution in [-0.2, 0) is 0 Å². The number of amides is 3. The highest BCUT2D eigenvalue weighted by molar-refractivity contribution is 7.98. The summed E-state index contributed by atoms with van der Waals surface area (Å²) in [6.45, 7) is 0. The van der Waals surface area contributed by atoms with Crippen molar-refractivity contribution in [2.24, 2.45) is 5.73 Å². The van der Waals surface area contributed by atoms with Gasteiger partial charge in [-0.15, -0.1) is 11.8 Å². The van der Waals surface area contributed by atoms with Crippen LogP contribution >= 0.6 is 23.3 Å². The Bertz CT molecular complexity index is 416.